The number of aromatic hydroxyl groups is 2. The number of nitrogens with zero attached hydrogens (tertiary/aromatic N) is 4. The smallest absolute Gasteiger partial charge is 0.147 e. The number of rotatable bonds is 2. The Bertz CT molecular complexity index is 2800. The fourth-order valence-electron chi connectivity index (χ4n) is 6.84. The van der Waals surface area contributed by atoms with Crippen molar-refractivity contribution in [3.63, 3.8) is 0 Å². The summed E-state index contributed by atoms with van der Waals surface area (Å²) in [5, 5.41) is 28.6. The van der Waals surface area contributed by atoms with Crippen molar-refractivity contribution in [2.24, 2.45) is 0 Å². The van der Waals surface area contributed by atoms with Crippen LogP contribution in [-0.2, 0) is 0 Å². The Hall–Kier alpha value is -6.80. The van der Waals surface area contributed by atoms with E-state index in [0.29, 0.717) is 33.6 Å². The van der Waals surface area contributed by atoms with Crippen LogP contribution < -0.4 is 9.47 Å². The van der Waals surface area contributed by atoms with Gasteiger partial charge in [0.1, 0.15) is 67.1 Å². The number of fused-ring (bicyclic) bond motifs is 12. The van der Waals surface area contributed by atoms with E-state index in [0.717, 1.165) is 65.2 Å². The van der Waals surface area contributed by atoms with Crippen LogP contribution in [0.15, 0.2) is 121 Å². The van der Waals surface area contributed by atoms with Crippen molar-refractivity contribution in [1.82, 2.24) is 19.9 Å². The molecule has 8 aromatic carbocycles. The van der Waals surface area contributed by atoms with Crippen LogP contribution in [0, 0.1) is 0 Å². The highest BCUT2D eigenvalue weighted by Crippen LogP contribution is 2.38. The zero-order chi connectivity index (χ0) is 33.9. The van der Waals surface area contributed by atoms with E-state index < -0.39 is 0 Å². The van der Waals surface area contributed by atoms with Gasteiger partial charge in [-0.3, -0.25) is 0 Å². The van der Waals surface area contributed by atoms with Crippen molar-refractivity contribution in [2.75, 3.05) is 14.2 Å². The third-order valence-corrected chi connectivity index (χ3v) is 9.20. The summed E-state index contributed by atoms with van der Waals surface area (Å²) in [4.78, 5) is 19.2. The summed E-state index contributed by atoms with van der Waals surface area (Å²) in [7, 11) is 3.32. The van der Waals surface area contributed by atoms with Gasteiger partial charge in [-0.25, -0.2) is 19.9 Å². The predicted molar refractivity (Wildman–Crippen MR) is 201 cm³/mol. The molecule has 8 heteroatoms. The van der Waals surface area contributed by atoms with Crippen molar-refractivity contribution in [1.29, 1.82) is 0 Å². The maximum Gasteiger partial charge on any atom is 0.147 e. The Balaban J connectivity index is 0.000000135. The average Bonchev–Trinajstić information content (AvgIpc) is 3.16. The second kappa shape index (κ2) is 11.4. The largest absolute Gasteiger partial charge is 0.506 e. The third kappa shape index (κ3) is 4.53. The Morgan fingerprint density at radius 3 is 1.00 bits per heavy atom. The van der Waals surface area contributed by atoms with Crippen LogP contribution in [0.4, 0.5) is 0 Å². The Labute approximate surface area is 284 Å². The lowest BCUT2D eigenvalue weighted by atomic mass is 10.1. The van der Waals surface area contributed by atoms with Crippen LogP contribution in [0.3, 0.4) is 0 Å². The molecule has 240 valence electrons. The molecule has 0 spiro atoms. The highest BCUT2D eigenvalue weighted by Gasteiger charge is 2.17. The molecule has 0 saturated carbocycles. The van der Waals surface area contributed by atoms with Crippen LogP contribution in [0.1, 0.15) is 0 Å². The third-order valence-electron chi connectivity index (χ3n) is 9.20. The van der Waals surface area contributed by atoms with Crippen molar-refractivity contribution in [3.8, 4) is 23.0 Å². The molecular weight excluding hydrogens is 624 g/mol. The zero-order valence-corrected chi connectivity index (χ0v) is 27.0. The standard InChI is InChI=1S/C22H16N2O2.C20H12N2O2/c1-25-17-11-13-7-3-5-9-15(13)19-21(17)24-22-18(26-2)12-14-8-4-6-10-16(14)20(22)23-19;23-15-9-11-5-1-3-7-13(11)17-19(15)22-20-16(24)10-12-6-2-4-8-14(12)18(20)21-17/h3-12H,1-2H3;1-10,23-24H. The molecule has 10 rings (SSSR count). The lowest BCUT2D eigenvalue weighted by molar-refractivity contribution is 0.417. The molecular formula is C42H28N4O4. The second-order valence-electron chi connectivity index (χ2n) is 12.1. The molecule has 0 aliphatic rings. The average molecular weight is 653 g/mol. The Morgan fingerprint density at radius 1 is 0.360 bits per heavy atom. The number of aromatic nitrogens is 4. The zero-order valence-electron chi connectivity index (χ0n) is 27.0. The van der Waals surface area contributed by atoms with Gasteiger partial charge in [0.2, 0.25) is 0 Å². The minimum Gasteiger partial charge on any atom is -0.506 e. The fraction of sp³-hybridized carbons (Fsp3) is 0.0476. The summed E-state index contributed by atoms with van der Waals surface area (Å²) < 4.78 is 11.2. The molecule has 8 nitrogen and oxygen atoms in total. The number of phenolic OH excluding ortho intramolecular Hbond substituents is 2. The first kappa shape index (κ1) is 29.3. The maximum absolute atomic E-state index is 10.3. The molecule has 0 saturated heterocycles. The number of hydrogen-bond donors (Lipinski definition) is 2. The molecule has 0 bridgehead atoms. The summed E-state index contributed by atoms with van der Waals surface area (Å²) in [5.74, 6) is 1.54. The monoisotopic (exact) mass is 652 g/mol. The van der Waals surface area contributed by atoms with E-state index in [9.17, 15) is 10.2 Å². The van der Waals surface area contributed by atoms with Gasteiger partial charge in [-0.2, -0.15) is 0 Å². The van der Waals surface area contributed by atoms with Crippen molar-refractivity contribution in [2.45, 2.75) is 0 Å². The van der Waals surface area contributed by atoms with Crippen LogP contribution >= 0.6 is 0 Å². The fourth-order valence-corrected chi connectivity index (χ4v) is 6.84. The molecule has 0 fully saturated rings. The second-order valence-corrected chi connectivity index (χ2v) is 12.1. The number of hydrogen-bond acceptors (Lipinski definition) is 8. The number of phenols is 2. The van der Waals surface area contributed by atoms with Crippen LogP contribution in [0.2, 0.25) is 0 Å². The Kier molecular flexibility index (Phi) is 6.70. The minimum absolute atomic E-state index is 0.0608. The van der Waals surface area contributed by atoms with Crippen LogP contribution in [-0.4, -0.2) is 44.4 Å². The SMILES string of the molecule is COc1cc2ccccc2c2nc3c(nc12)c(OC)cc1ccccc13.Oc1cc2ccccc2c2nc3c(nc12)c(O)cc1ccccc13. The molecule has 0 aliphatic heterocycles. The van der Waals surface area contributed by atoms with Crippen molar-refractivity contribution < 1.29 is 19.7 Å². The van der Waals surface area contributed by atoms with Gasteiger partial charge in [-0.1, -0.05) is 97.1 Å². The van der Waals surface area contributed by atoms with Crippen molar-refractivity contribution >= 4 is 87.2 Å². The normalized spacial score (nSPS) is 11.6. The molecule has 0 atom stereocenters. The van der Waals surface area contributed by atoms with Gasteiger partial charge in [-0.05, 0) is 45.8 Å². The first-order valence-electron chi connectivity index (χ1n) is 16.1. The molecule has 2 aromatic heterocycles. The molecule has 10 aromatic rings. The number of methoxy groups -OCH3 is 2. The van der Waals surface area contributed by atoms with E-state index in [1.165, 1.54) is 0 Å². The summed E-state index contributed by atoms with van der Waals surface area (Å²) in [6.07, 6.45) is 0. The first-order chi connectivity index (χ1) is 24.5. The summed E-state index contributed by atoms with van der Waals surface area (Å²) >= 11 is 0. The van der Waals surface area contributed by atoms with Gasteiger partial charge in [0, 0.05) is 21.5 Å². The summed E-state index contributed by atoms with van der Waals surface area (Å²) in [6, 6.07) is 39.2. The summed E-state index contributed by atoms with van der Waals surface area (Å²) in [5.41, 5.74) is 5.22. The molecule has 2 N–H and O–H groups in total. The van der Waals surface area contributed by atoms with E-state index >= 15 is 0 Å². The quantitative estimate of drug-likeness (QED) is 0.140. The van der Waals surface area contributed by atoms with Gasteiger partial charge >= 0.3 is 0 Å². The first-order valence-corrected chi connectivity index (χ1v) is 16.1. The van der Waals surface area contributed by atoms with E-state index in [1.807, 2.05) is 84.9 Å². The lowest BCUT2D eigenvalue weighted by Gasteiger charge is -2.12. The molecule has 0 amide bonds. The van der Waals surface area contributed by atoms with Crippen LogP contribution in [0.25, 0.3) is 87.2 Å². The maximum atomic E-state index is 10.3. The van der Waals surface area contributed by atoms with Gasteiger partial charge in [-0.15, -0.1) is 0 Å². The molecule has 0 radical (unpaired) electrons. The van der Waals surface area contributed by atoms with Gasteiger partial charge in [0.25, 0.3) is 0 Å². The molecule has 0 aliphatic carbocycles. The Morgan fingerprint density at radius 2 is 0.640 bits per heavy atom. The van der Waals surface area contributed by atoms with Crippen molar-refractivity contribution in [3.05, 3.63) is 121 Å². The predicted octanol–water partition coefficient (Wildman–Crippen LogP) is 9.61. The number of benzene rings is 8. The highest BCUT2D eigenvalue weighted by atomic mass is 16.5. The van der Waals surface area contributed by atoms with E-state index in [4.69, 9.17) is 24.4 Å². The van der Waals surface area contributed by atoms with Gasteiger partial charge in [0.05, 0.1) is 14.2 Å². The van der Waals surface area contributed by atoms with Crippen LogP contribution in [0.5, 0.6) is 23.0 Å². The summed E-state index contributed by atoms with van der Waals surface area (Å²) in [6.45, 7) is 0. The topological polar surface area (TPSA) is 110 Å². The lowest BCUT2D eigenvalue weighted by Crippen LogP contribution is -1.96. The van der Waals surface area contributed by atoms with E-state index in [-0.39, 0.29) is 11.5 Å². The van der Waals surface area contributed by atoms with Gasteiger partial charge in [0.15, 0.2) is 0 Å². The molecule has 0 unspecified atom stereocenters. The van der Waals surface area contributed by atoms with Gasteiger partial charge < -0.3 is 19.7 Å². The highest BCUT2D eigenvalue weighted by molar-refractivity contribution is 6.15. The van der Waals surface area contributed by atoms with E-state index in [1.54, 1.807) is 26.4 Å². The minimum atomic E-state index is 0.0608. The molecule has 50 heavy (non-hydrogen) atoms. The van der Waals surface area contributed by atoms with E-state index in [2.05, 4.69) is 29.2 Å². The molecule has 2 heterocycles. The number of ether oxygens (including phenoxy) is 2.